The molecule has 82 valence electrons. The van der Waals surface area contributed by atoms with Crippen LogP contribution in [0.2, 0.25) is 0 Å². The van der Waals surface area contributed by atoms with E-state index in [1.165, 1.54) is 11.5 Å². The maximum Gasteiger partial charge on any atom is 0.251 e. The number of rotatable bonds is 2. The van der Waals surface area contributed by atoms with Crippen LogP contribution in [0.5, 0.6) is 0 Å². The van der Waals surface area contributed by atoms with Gasteiger partial charge in [0.05, 0.1) is 0 Å². The van der Waals surface area contributed by atoms with Crippen molar-refractivity contribution in [3.63, 3.8) is 0 Å². The van der Waals surface area contributed by atoms with Gasteiger partial charge < -0.3 is 5.32 Å². The molecular weight excluding hydrogens is 222 g/mol. The number of nitrogens with one attached hydrogen (secondary N) is 1. The number of hydrogen-bond acceptors (Lipinski definition) is 4. The lowest BCUT2D eigenvalue weighted by molar-refractivity contribution is 0.0962. The first-order valence-corrected chi connectivity index (χ1v) is 5.66. The van der Waals surface area contributed by atoms with Crippen LogP contribution in [0.15, 0.2) is 23.6 Å². The van der Waals surface area contributed by atoms with Gasteiger partial charge in [-0.2, -0.15) is 0 Å². The van der Waals surface area contributed by atoms with Gasteiger partial charge in [0.2, 0.25) is 0 Å². The van der Waals surface area contributed by atoms with Crippen molar-refractivity contribution < 1.29 is 4.79 Å². The van der Waals surface area contributed by atoms with Crippen molar-refractivity contribution in [3.05, 3.63) is 34.7 Å². The molecule has 1 N–H and O–H groups in total. The minimum absolute atomic E-state index is 0.0690. The summed E-state index contributed by atoms with van der Waals surface area (Å²) in [5, 5.41) is 8.48. The second-order valence-corrected chi connectivity index (χ2v) is 4.01. The third kappa shape index (κ3) is 1.94. The van der Waals surface area contributed by atoms with Crippen LogP contribution in [0.4, 0.5) is 0 Å². The molecule has 16 heavy (non-hydrogen) atoms. The van der Waals surface area contributed by atoms with E-state index < -0.39 is 0 Å². The van der Waals surface area contributed by atoms with Crippen LogP contribution in [0.25, 0.3) is 11.3 Å². The highest BCUT2D eigenvalue weighted by molar-refractivity contribution is 7.03. The first-order chi connectivity index (χ1) is 7.72. The van der Waals surface area contributed by atoms with E-state index in [1.54, 1.807) is 7.05 Å². The number of aromatic nitrogens is 2. The van der Waals surface area contributed by atoms with Gasteiger partial charge in [0.1, 0.15) is 5.69 Å². The van der Waals surface area contributed by atoms with Gasteiger partial charge >= 0.3 is 0 Å². The molecule has 0 unspecified atom stereocenters. The summed E-state index contributed by atoms with van der Waals surface area (Å²) in [5.41, 5.74) is 3.45. The second-order valence-electron chi connectivity index (χ2n) is 3.40. The molecule has 0 atom stereocenters. The SMILES string of the molecule is CNC(=O)c1ccc(-c2csnn2)cc1C. The lowest BCUT2D eigenvalue weighted by Crippen LogP contribution is -2.18. The Morgan fingerprint density at radius 1 is 1.44 bits per heavy atom. The molecule has 1 amide bonds. The van der Waals surface area contributed by atoms with Crippen molar-refractivity contribution in [1.29, 1.82) is 0 Å². The monoisotopic (exact) mass is 233 g/mol. The van der Waals surface area contributed by atoms with E-state index in [0.29, 0.717) is 5.56 Å². The van der Waals surface area contributed by atoms with E-state index in [9.17, 15) is 4.79 Å². The van der Waals surface area contributed by atoms with E-state index >= 15 is 0 Å². The molecule has 0 radical (unpaired) electrons. The highest BCUT2D eigenvalue weighted by Gasteiger charge is 2.09. The summed E-state index contributed by atoms with van der Waals surface area (Å²) in [5.74, 6) is -0.0690. The highest BCUT2D eigenvalue weighted by atomic mass is 32.1. The smallest absolute Gasteiger partial charge is 0.251 e. The quantitative estimate of drug-likeness (QED) is 0.861. The fraction of sp³-hybridized carbons (Fsp3) is 0.182. The summed E-state index contributed by atoms with van der Waals surface area (Å²) in [4.78, 5) is 11.5. The van der Waals surface area contributed by atoms with E-state index in [0.717, 1.165) is 16.8 Å². The molecule has 2 aromatic rings. The summed E-state index contributed by atoms with van der Waals surface area (Å²) in [6.45, 7) is 1.91. The molecule has 1 heterocycles. The van der Waals surface area contributed by atoms with Crippen molar-refractivity contribution >= 4 is 17.4 Å². The van der Waals surface area contributed by atoms with Crippen LogP contribution in [0.1, 0.15) is 15.9 Å². The molecule has 0 saturated heterocycles. The fourth-order valence-electron chi connectivity index (χ4n) is 1.50. The molecular formula is C11H11N3OS. The number of benzene rings is 1. The van der Waals surface area contributed by atoms with Crippen LogP contribution in [-0.2, 0) is 0 Å². The zero-order valence-electron chi connectivity index (χ0n) is 9.02. The van der Waals surface area contributed by atoms with Crippen molar-refractivity contribution in [3.8, 4) is 11.3 Å². The van der Waals surface area contributed by atoms with E-state index in [4.69, 9.17) is 0 Å². The van der Waals surface area contributed by atoms with Gasteiger partial charge in [-0.05, 0) is 36.2 Å². The first-order valence-electron chi connectivity index (χ1n) is 4.82. The Morgan fingerprint density at radius 3 is 2.81 bits per heavy atom. The Labute approximate surface area is 97.5 Å². The van der Waals surface area contributed by atoms with Gasteiger partial charge in [0.25, 0.3) is 5.91 Å². The molecule has 0 bridgehead atoms. The summed E-state index contributed by atoms with van der Waals surface area (Å²) >= 11 is 1.31. The van der Waals surface area contributed by atoms with Crippen LogP contribution in [0, 0.1) is 6.92 Å². The minimum Gasteiger partial charge on any atom is -0.355 e. The van der Waals surface area contributed by atoms with E-state index in [1.807, 2.05) is 30.5 Å². The van der Waals surface area contributed by atoms with E-state index in [2.05, 4.69) is 14.9 Å². The first kappa shape index (κ1) is 10.8. The van der Waals surface area contributed by atoms with E-state index in [-0.39, 0.29) is 5.91 Å². The molecule has 0 saturated carbocycles. The van der Waals surface area contributed by atoms with Crippen LogP contribution in [0.3, 0.4) is 0 Å². The Kier molecular flexibility index (Phi) is 2.96. The molecule has 0 aliphatic rings. The molecule has 0 spiro atoms. The Hall–Kier alpha value is -1.75. The van der Waals surface area contributed by atoms with Gasteiger partial charge in [-0.25, -0.2) is 0 Å². The number of nitrogens with zero attached hydrogens (tertiary/aromatic N) is 2. The van der Waals surface area contributed by atoms with Gasteiger partial charge in [0.15, 0.2) is 0 Å². The standard InChI is InChI=1S/C11H11N3OS/c1-7-5-8(10-6-16-14-13-10)3-4-9(7)11(15)12-2/h3-6H,1-2H3,(H,12,15). The van der Waals surface area contributed by atoms with Gasteiger partial charge in [-0.15, -0.1) is 5.10 Å². The number of carbonyl (C=O) groups is 1. The molecule has 5 heteroatoms. The zero-order valence-corrected chi connectivity index (χ0v) is 9.84. The van der Waals surface area contributed by atoms with Crippen LogP contribution < -0.4 is 5.32 Å². The largest absolute Gasteiger partial charge is 0.355 e. The summed E-state index contributed by atoms with van der Waals surface area (Å²) < 4.78 is 3.81. The summed E-state index contributed by atoms with van der Waals surface area (Å²) in [7, 11) is 1.63. The van der Waals surface area contributed by atoms with Gasteiger partial charge in [-0.1, -0.05) is 10.6 Å². The fourth-order valence-corrected chi connectivity index (χ4v) is 1.97. The number of hydrogen-bond donors (Lipinski definition) is 1. The lowest BCUT2D eigenvalue weighted by atomic mass is 10.0. The minimum atomic E-state index is -0.0690. The van der Waals surface area contributed by atoms with Crippen LogP contribution in [-0.4, -0.2) is 22.5 Å². The Morgan fingerprint density at radius 2 is 2.25 bits per heavy atom. The Bertz CT molecular complexity index is 508. The average Bonchev–Trinajstić information content (AvgIpc) is 2.81. The average molecular weight is 233 g/mol. The molecule has 1 aromatic carbocycles. The topological polar surface area (TPSA) is 54.9 Å². The van der Waals surface area contributed by atoms with Gasteiger partial charge in [0, 0.05) is 23.6 Å². The van der Waals surface area contributed by atoms with Crippen molar-refractivity contribution in [2.75, 3.05) is 7.05 Å². The number of carbonyl (C=O) groups excluding carboxylic acids is 1. The predicted octanol–water partition coefficient (Wildman–Crippen LogP) is 1.87. The molecule has 1 aromatic heterocycles. The van der Waals surface area contributed by atoms with Crippen molar-refractivity contribution in [1.82, 2.24) is 14.9 Å². The maximum absolute atomic E-state index is 11.5. The molecule has 0 fully saturated rings. The van der Waals surface area contributed by atoms with Crippen molar-refractivity contribution in [2.45, 2.75) is 6.92 Å². The normalized spacial score (nSPS) is 10.1. The summed E-state index contributed by atoms with van der Waals surface area (Å²) in [6.07, 6.45) is 0. The number of amides is 1. The Balaban J connectivity index is 2.41. The highest BCUT2D eigenvalue weighted by Crippen LogP contribution is 2.21. The second kappa shape index (κ2) is 4.40. The maximum atomic E-state index is 11.5. The third-order valence-electron chi connectivity index (χ3n) is 2.35. The van der Waals surface area contributed by atoms with Gasteiger partial charge in [-0.3, -0.25) is 4.79 Å². The molecule has 0 aliphatic heterocycles. The predicted molar refractivity (Wildman–Crippen MR) is 63.5 cm³/mol. The van der Waals surface area contributed by atoms with Crippen molar-refractivity contribution in [2.24, 2.45) is 0 Å². The molecule has 0 aliphatic carbocycles. The molecule has 4 nitrogen and oxygen atoms in total. The lowest BCUT2D eigenvalue weighted by Gasteiger charge is -2.05. The molecule has 2 rings (SSSR count). The third-order valence-corrected chi connectivity index (χ3v) is 2.86. The summed E-state index contributed by atoms with van der Waals surface area (Å²) in [6, 6.07) is 5.64. The number of aryl methyl sites for hydroxylation is 1. The zero-order chi connectivity index (χ0) is 11.5. The van der Waals surface area contributed by atoms with Crippen LogP contribution >= 0.6 is 11.5 Å².